The number of carbonyl (C=O) groups is 1. The molecule has 1 aromatic heterocycles. The van der Waals surface area contributed by atoms with E-state index < -0.39 is 0 Å². The fourth-order valence-corrected chi connectivity index (χ4v) is 3.01. The van der Waals surface area contributed by atoms with E-state index in [9.17, 15) is 9.90 Å². The van der Waals surface area contributed by atoms with Gasteiger partial charge in [-0.15, -0.1) is 0 Å². The van der Waals surface area contributed by atoms with E-state index >= 15 is 0 Å². The summed E-state index contributed by atoms with van der Waals surface area (Å²) in [5, 5.41) is 9.46. The summed E-state index contributed by atoms with van der Waals surface area (Å²) in [7, 11) is 0. The number of pyridine rings is 1. The minimum atomic E-state index is -0.0634. The third kappa shape index (κ3) is 3.35. The van der Waals surface area contributed by atoms with Crippen LogP contribution in [-0.2, 0) is 0 Å². The molecule has 0 bridgehead atoms. The molecule has 120 valence electrons. The molecular formula is C18H21N3O2. The number of nitrogen functional groups attached to an aromatic ring is 1. The van der Waals surface area contributed by atoms with Crippen LogP contribution in [0.25, 0.3) is 11.3 Å². The van der Waals surface area contributed by atoms with Gasteiger partial charge in [0, 0.05) is 29.6 Å². The summed E-state index contributed by atoms with van der Waals surface area (Å²) in [6.45, 7) is 0.736. The smallest absolute Gasteiger partial charge is 0.254 e. The lowest BCUT2D eigenvalue weighted by Gasteiger charge is -2.34. The number of aromatic nitrogens is 1. The molecule has 1 aliphatic heterocycles. The number of nitrogens with zero attached hydrogens (tertiary/aromatic N) is 2. The van der Waals surface area contributed by atoms with Gasteiger partial charge in [-0.3, -0.25) is 9.78 Å². The molecule has 1 atom stereocenters. The molecule has 0 spiro atoms. The van der Waals surface area contributed by atoms with Crippen molar-refractivity contribution in [3.63, 3.8) is 0 Å². The van der Waals surface area contributed by atoms with Gasteiger partial charge in [0.15, 0.2) is 0 Å². The third-order valence-corrected chi connectivity index (χ3v) is 4.31. The van der Waals surface area contributed by atoms with Gasteiger partial charge >= 0.3 is 0 Å². The van der Waals surface area contributed by atoms with Crippen LogP contribution in [0.15, 0.2) is 42.6 Å². The van der Waals surface area contributed by atoms with Gasteiger partial charge in [0.2, 0.25) is 0 Å². The van der Waals surface area contributed by atoms with Gasteiger partial charge in [0.25, 0.3) is 5.91 Å². The second-order valence-electron chi connectivity index (χ2n) is 5.88. The molecule has 3 N–H and O–H groups in total. The molecule has 1 saturated heterocycles. The first-order valence-corrected chi connectivity index (χ1v) is 7.93. The number of anilines is 1. The lowest BCUT2D eigenvalue weighted by atomic mass is 10.0. The van der Waals surface area contributed by atoms with Crippen molar-refractivity contribution in [2.45, 2.75) is 25.3 Å². The fourth-order valence-electron chi connectivity index (χ4n) is 3.01. The summed E-state index contributed by atoms with van der Waals surface area (Å²) in [6.07, 6.45) is 4.60. The number of hydrogen-bond donors (Lipinski definition) is 2. The molecular weight excluding hydrogens is 290 g/mol. The highest BCUT2D eigenvalue weighted by Crippen LogP contribution is 2.22. The molecule has 1 amide bonds. The Morgan fingerprint density at radius 3 is 2.74 bits per heavy atom. The zero-order valence-electron chi connectivity index (χ0n) is 13.0. The number of benzene rings is 1. The zero-order chi connectivity index (χ0) is 16.2. The average molecular weight is 311 g/mol. The van der Waals surface area contributed by atoms with Crippen molar-refractivity contribution in [3.8, 4) is 11.3 Å². The van der Waals surface area contributed by atoms with Gasteiger partial charge in [0.1, 0.15) is 0 Å². The first kappa shape index (κ1) is 15.5. The molecule has 0 aliphatic carbocycles. The predicted molar refractivity (Wildman–Crippen MR) is 89.8 cm³/mol. The van der Waals surface area contributed by atoms with Crippen molar-refractivity contribution in [2.24, 2.45) is 0 Å². The Balaban J connectivity index is 1.80. The Labute approximate surface area is 135 Å². The van der Waals surface area contributed by atoms with Crippen LogP contribution in [0.1, 0.15) is 29.6 Å². The van der Waals surface area contributed by atoms with E-state index in [4.69, 9.17) is 5.73 Å². The van der Waals surface area contributed by atoms with E-state index in [0.29, 0.717) is 17.8 Å². The van der Waals surface area contributed by atoms with Crippen LogP contribution in [0.5, 0.6) is 0 Å². The number of carbonyl (C=O) groups excluding carboxylic acids is 1. The monoisotopic (exact) mass is 311 g/mol. The molecule has 1 aliphatic rings. The number of aliphatic hydroxyl groups is 1. The molecule has 0 radical (unpaired) electrons. The second kappa shape index (κ2) is 6.79. The quantitative estimate of drug-likeness (QED) is 0.911. The number of aliphatic hydroxyl groups excluding tert-OH is 1. The Morgan fingerprint density at radius 1 is 1.26 bits per heavy atom. The van der Waals surface area contributed by atoms with Crippen molar-refractivity contribution in [1.29, 1.82) is 0 Å². The van der Waals surface area contributed by atoms with Crippen LogP contribution in [0.3, 0.4) is 0 Å². The standard InChI is InChI=1S/C18H21N3O2/c19-15-8-9-20-17(11-15)13-4-6-14(7-5-13)18(23)21-10-2-1-3-16(21)12-22/h4-9,11,16,22H,1-3,10,12H2,(H2,19,20)/t16-/m0/s1. The molecule has 0 unspecified atom stereocenters. The van der Waals surface area contributed by atoms with Crippen molar-refractivity contribution in [2.75, 3.05) is 18.9 Å². The molecule has 5 nitrogen and oxygen atoms in total. The molecule has 1 fully saturated rings. The Kier molecular flexibility index (Phi) is 4.57. The van der Waals surface area contributed by atoms with E-state index in [2.05, 4.69) is 4.98 Å². The van der Waals surface area contributed by atoms with Gasteiger partial charge in [-0.2, -0.15) is 0 Å². The van der Waals surface area contributed by atoms with Crippen molar-refractivity contribution < 1.29 is 9.90 Å². The summed E-state index contributed by atoms with van der Waals surface area (Å²) in [4.78, 5) is 18.7. The maximum Gasteiger partial charge on any atom is 0.254 e. The SMILES string of the molecule is Nc1ccnc(-c2ccc(C(=O)N3CCCC[C@H]3CO)cc2)c1. The lowest BCUT2D eigenvalue weighted by Crippen LogP contribution is -2.45. The molecule has 23 heavy (non-hydrogen) atoms. The molecule has 3 rings (SSSR count). The number of amides is 1. The maximum atomic E-state index is 12.7. The number of nitrogens with two attached hydrogens (primary N) is 1. The van der Waals surface area contributed by atoms with E-state index in [1.54, 1.807) is 17.2 Å². The van der Waals surface area contributed by atoms with Crippen LogP contribution in [-0.4, -0.2) is 40.1 Å². The van der Waals surface area contributed by atoms with E-state index in [1.807, 2.05) is 30.3 Å². The van der Waals surface area contributed by atoms with Crippen LogP contribution < -0.4 is 5.73 Å². The average Bonchev–Trinajstić information content (AvgIpc) is 2.61. The molecule has 5 heteroatoms. The summed E-state index contributed by atoms with van der Waals surface area (Å²) >= 11 is 0. The third-order valence-electron chi connectivity index (χ3n) is 4.31. The first-order chi connectivity index (χ1) is 11.2. The minimum Gasteiger partial charge on any atom is -0.399 e. The topological polar surface area (TPSA) is 79.5 Å². The van der Waals surface area contributed by atoms with Gasteiger partial charge < -0.3 is 15.7 Å². The van der Waals surface area contributed by atoms with Gasteiger partial charge in [-0.25, -0.2) is 0 Å². The Hall–Kier alpha value is -2.40. The fraction of sp³-hybridized carbons (Fsp3) is 0.333. The second-order valence-corrected chi connectivity index (χ2v) is 5.88. The number of rotatable bonds is 3. The Bertz CT molecular complexity index is 685. The zero-order valence-corrected chi connectivity index (χ0v) is 13.0. The highest BCUT2D eigenvalue weighted by molar-refractivity contribution is 5.95. The number of hydrogen-bond acceptors (Lipinski definition) is 4. The minimum absolute atomic E-state index is 0.0177. The summed E-state index contributed by atoms with van der Waals surface area (Å²) in [6, 6.07) is 10.9. The van der Waals surface area contributed by atoms with E-state index in [-0.39, 0.29) is 18.6 Å². The summed E-state index contributed by atoms with van der Waals surface area (Å²) < 4.78 is 0. The molecule has 2 heterocycles. The van der Waals surface area contributed by atoms with Gasteiger partial charge in [0.05, 0.1) is 18.3 Å². The summed E-state index contributed by atoms with van der Waals surface area (Å²) in [5.74, 6) is -0.0177. The highest BCUT2D eigenvalue weighted by Gasteiger charge is 2.26. The van der Waals surface area contributed by atoms with Crippen LogP contribution in [0, 0.1) is 0 Å². The highest BCUT2D eigenvalue weighted by atomic mass is 16.3. The first-order valence-electron chi connectivity index (χ1n) is 7.93. The van der Waals surface area contributed by atoms with Crippen molar-refractivity contribution >= 4 is 11.6 Å². The van der Waals surface area contributed by atoms with Crippen molar-refractivity contribution in [3.05, 3.63) is 48.2 Å². The van der Waals surface area contributed by atoms with Crippen LogP contribution in [0.4, 0.5) is 5.69 Å². The van der Waals surface area contributed by atoms with Crippen LogP contribution >= 0.6 is 0 Å². The van der Waals surface area contributed by atoms with Gasteiger partial charge in [-0.1, -0.05) is 12.1 Å². The maximum absolute atomic E-state index is 12.7. The van der Waals surface area contributed by atoms with Gasteiger partial charge in [-0.05, 0) is 43.5 Å². The van der Waals surface area contributed by atoms with Crippen LogP contribution in [0.2, 0.25) is 0 Å². The predicted octanol–water partition coefficient (Wildman–Crippen LogP) is 2.32. The largest absolute Gasteiger partial charge is 0.399 e. The molecule has 0 saturated carbocycles. The number of likely N-dealkylation sites (tertiary alicyclic amines) is 1. The van der Waals surface area contributed by atoms with Crippen molar-refractivity contribution in [1.82, 2.24) is 9.88 Å². The Morgan fingerprint density at radius 2 is 2.04 bits per heavy atom. The van der Waals surface area contributed by atoms with E-state index in [1.165, 1.54) is 0 Å². The normalized spacial score (nSPS) is 18.0. The lowest BCUT2D eigenvalue weighted by molar-refractivity contribution is 0.0503. The number of piperidine rings is 1. The summed E-state index contributed by atoms with van der Waals surface area (Å²) in [5.41, 5.74) is 8.79. The van der Waals surface area contributed by atoms with E-state index in [0.717, 1.165) is 30.5 Å². The molecule has 1 aromatic carbocycles. The molecule has 2 aromatic rings.